The molecule has 1 N–H and O–H groups in total. The van der Waals surface area contributed by atoms with Crippen LogP contribution in [0.3, 0.4) is 0 Å². The van der Waals surface area contributed by atoms with Crippen molar-refractivity contribution in [3.8, 4) is 0 Å². The maximum Gasteiger partial charge on any atom is 0.183 e. The van der Waals surface area contributed by atoms with Crippen molar-refractivity contribution >= 4 is 21.4 Å². The van der Waals surface area contributed by atoms with Crippen LogP contribution < -0.4 is 5.32 Å². The maximum absolute atomic E-state index is 12.5. The monoisotopic (exact) mass is 300 g/mol. The number of hydrogen-bond donors (Lipinski definition) is 1. The first-order valence-corrected chi connectivity index (χ1v) is 8.45. The van der Waals surface area contributed by atoms with E-state index >= 15 is 0 Å². The fraction of sp³-hybridized carbons (Fsp3) is 0.538. The lowest BCUT2D eigenvalue weighted by atomic mass is 10.1. The summed E-state index contributed by atoms with van der Waals surface area (Å²) in [5, 5.41) is 3.56. The Kier molecular flexibility index (Phi) is 3.55. The quantitative estimate of drug-likeness (QED) is 0.883. The first-order chi connectivity index (χ1) is 9.07. The van der Waals surface area contributed by atoms with E-state index in [1.165, 1.54) is 0 Å². The molecule has 2 aliphatic rings. The number of fused-ring (bicyclic) bond motifs is 1. The number of benzene rings is 1. The summed E-state index contributed by atoms with van der Waals surface area (Å²) < 4.78 is 25.0. The second kappa shape index (κ2) is 5.05. The lowest BCUT2D eigenvalue weighted by Gasteiger charge is -2.29. The number of hydrogen-bond acceptors (Lipinski definition) is 4. The number of nitrogens with one attached hydrogen (secondary N) is 1. The van der Waals surface area contributed by atoms with Crippen LogP contribution in [0, 0.1) is 0 Å². The van der Waals surface area contributed by atoms with E-state index in [-0.39, 0.29) is 5.25 Å². The molecule has 0 bridgehead atoms. The first kappa shape index (κ1) is 13.4. The zero-order valence-electron chi connectivity index (χ0n) is 10.6. The predicted octanol–water partition coefficient (Wildman–Crippen LogP) is 0.944. The number of rotatable bonds is 2. The van der Waals surface area contributed by atoms with E-state index in [1.54, 1.807) is 18.2 Å². The highest BCUT2D eigenvalue weighted by molar-refractivity contribution is 7.92. The SMILES string of the molecule is O=S1(=O)c2ccc(Cl)cc2CC1CN1CCNCC1. The van der Waals surface area contributed by atoms with E-state index in [0.29, 0.717) is 22.9 Å². The second-order valence-corrected chi connectivity index (χ2v) is 7.81. The molecule has 6 heteroatoms. The van der Waals surface area contributed by atoms with Crippen LogP contribution >= 0.6 is 11.6 Å². The fourth-order valence-corrected chi connectivity index (χ4v) is 4.99. The minimum Gasteiger partial charge on any atom is -0.314 e. The van der Waals surface area contributed by atoms with E-state index in [0.717, 1.165) is 31.7 Å². The Labute approximate surface area is 118 Å². The molecule has 0 radical (unpaired) electrons. The van der Waals surface area contributed by atoms with Crippen molar-refractivity contribution in [1.29, 1.82) is 0 Å². The van der Waals surface area contributed by atoms with E-state index in [2.05, 4.69) is 10.2 Å². The Morgan fingerprint density at radius 2 is 2.05 bits per heavy atom. The number of halogens is 1. The van der Waals surface area contributed by atoms with Gasteiger partial charge in [-0.3, -0.25) is 4.90 Å². The summed E-state index contributed by atoms with van der Waals surface area (Å²) in [6.45, 7) is 4.33. The molecule has 0 saturated carbocycles. The highest BCUT2D eigenvalue weighted by atomic mass is 35.5. The summed E-state index contributed by atoms with van der Waals surface area (Å²) in [6, 6.07) is 5.09. The van der Waals surface area contributed by atoms with Crippen molar-refractivity contribution in [1.82, 2.24) is 10.2 Å². The maximum atomic E-state index is 12.5. The van der Waals surface area contributed by atoms with Gasteiger partial charge in [-0.05, 0) is 30.2 Å². The molecule has 1 fully saturated rings. The third kappa shape index (κ3) is 2.52. The minimum absolute atomic E-state index is 0.320. The lowest BCUT2D eigenvalue weighted by Crippen LogP contribution is -2.47. The van der Waals surface area contributed by atoms with Crippen LogP contribution in [0.5, 0.6) is 0 Å². The molecule has 0 amide bonds. The molecule has 19 heavy (non-hydrogen) atoms. The number of piperazine rings is 1. The van der Waals surface area contributed by atoms with Crippen molar-refractivity contribution in [2.24, 2.45) is 0 Å². The molecule has 1 aromatic carbocycles. The number of sulfone groups is 1. The van der Waals surface area contributed by atoms with Crippen LogP contribution in [0.1, 0.15) is 5.56 Å². The average molecular weight is 301 g/mol. The van der Waals surface area contributed by atoms with Gasteiger partial charge in [-0.2, -0.15) is 0 Å². The van der Waals surface area contributed by atoms with Crippen LogP contribution in [-0.4, -0.2) is 51.3 Å². The van der Waals surface area contributed by atoms with E-state index in [1.807, 2.05) is 0 Å². The van der Waals surface area contributed by atoms with Gasteiger partial charge in [-0.1, -0.05) is 11.6 Å². The van der Waals surface area contributed by atoms with Gasteiger partial charge in [-0.15, -0.1) is 0 Å². The third-order valence-electron chi connectivity index (χ3n) is 3.89. The van der Waals surface area contributed by atoms with Gasteiger partial charge < -0.3 is 5.32 Å². The van der Waals surface area contributed by atoms with Crippen molar-refractivity contribution in [3.63, 3.8) is 0 Å². The van der Waals surface area contributed by atoms with Crippen molar-refractivity contribution in [3.05, 3.63) is 28.8 Å². The van der Waals surface area contributed by atoms with Gasteiger partial charge in [0.2, 0.25) is 0 Å². The highest BCUT2D eigenvalue weighted by Crippen LogP contribution is 2.33. The van der Waals surface area contributed by atoms with Gasteiger partial charge >= 0.3 is 0 Å². The summed E-state index contributed by atoms with van der Waals surface area (Å²) in [7, 11) is -3.18. The number of nitrogens with zero attached hydrogens (tertiary/aromatic N) is 1. The van der Waals surface area contributed by atoms with E-state index in [4.69, 9.17) is 11.6 Å². The van der Waals surface area contributed by atoms with Crippen LogP contribution in [0.25, 0.3) is 0 Å². The van der Waals surface area contributed by atoms with Crippen molar-refractivity contribution in [2.75, 3.05) is 32.7 Å². The van der Waals surface area contributed by atoms with Crippen molar-refractivity contribution in [2.45, 2.75) is 16.6 Å². The normalized spacial score (nSPS) is 26.3. The van der Waals surface area contributed by atoms with Gasteiger partial charge in [0.05, 0.1) is 10.1 Å². The molecule has 4 nitrogen and oxygen atoms in total. The molecular weight excluding hydrogens is 284 g/mol. The Morgan fingerprint density at radius 3 is 2.79 bits per heavy atom. The molecule has 0 aliphatic carbocycles. The fourth-order valence-electron chi connectivity index (χ4n) is 2.86. The first-order valence-electron chi connectivity index (χ1n) is 6.53. The van der Waals surface area contributed by atoms with Crippen molar-refractivity contribution < 1.29 is 8.42 Å². The van der Waals surface area contributed by atoms with Crippen LogP contribution in [-0.2, 0) is 16.3 Å². The average Bonchev–Trinajstić information content (AvgIpc) is 2.62. The highest BCUT2D eigenvalue weighted by Gasteiger charge is 2.37. The smallest absolute Gasteiger partial charge is 0.183 e. The van der Waals surface area contributed by atoms with Gasteiger partial charge in [-0.25, -0.2) is 8.42 Å². The Hall–Kier alpha value is -0.620. The molecule has 2 aliphatic heterocycles. The van der Waals surface area contributed by atoms with E-state index in [9.17, 15) is 8.42 Å². The predicted molar refractivity (Wildman–Crippen MR) is 75.4 cm³/mol. The molecular formula is C13H17ClN2O2S. The molecule has 0 spiro atoms. The third-order valence-corrected chi connectivity index (χ3v) is 6.33. The zero-order valence-corrected chi connectivity index (χ0v) is 12.2. The standard InChI is InChI=1S/C13H17ClN2O2S/c14-11-1-2-13-10(7-11)8-12(19(13,17)18)9-16-5-3-15-4-6-16/h1-2,7,12,15H,3-6,8-9H2. The summed E-state index contributed by atoms with van der Waals surface area (Å²) in [5.74, 6) is 0. The summed E-state index contributed by atoms with van der Waals surface area (Å²) in [5.41, 5.74) is 0.868. The lowest BCUT2D eigenvalue weighted by molar-refractivity contribution is 0.240. The van der Waals surface area contributed by atoms with Gasteiger partial charge in [0, 0.05) is 37.7 Å². The minimum atomic E-state index is -3.18. The molecule has 0 aromatic heterocycles. The molecule has 3 rings (SSSR count). The van der Waals surface area contributed by atoms with Gasteiger partial charge in [0.25, 0.3) is 0 Å². The Bertz CT molecular complexity index is 582. The largest absolute Gasteiger partial charge is 0.314 e. The molecule has 1 atom stereocenters. The van der Waals surface area contributed by atoms with Crippen LogP contribution in [0.15, 0.2) is 23.1 Å². The van der Waals surface area contributed by atoms with Gasteiger partial charge in [0.1, 0.15) is 0 Å². The molecule has 1 unspecified atom stereocenters. The summed E-state index contributed by atoms with van der Waals surface area (Å²) in [6.07, 6.45) is 0.585. The van der Waals surface area contributed by atoms with E-state index < -0.39 is 9.84 Å². The Morgan fingerprint density at radius 1 is 1.32 bits per heavy atom. The molecule has 2 heterocycles. The zero-order chi connectivity index (χ0) is 13.5. The summed E-state index contributed by atoms with van der Waals surface area (Å²) in [4.78, 5) is 2.70. The van der Waals surface area contributed by atoms with Crippen LogP contribution in [0.4, 0.5) is 0 Å². The molecule has 1 saturated heterocycles. The molecule has 104 valence electrons. The summed E-state index contributed by atoms with van der Waals surface area (Å²) >= 11 is 5.94. The van der Waals surface area contributed by atoms with Crippen LogP contribution in [0.2, 0.25) is 5.02 Å². The van der Waals surface area contributed by atoms with Gasteiger partial charge in [0.15, 0.2) is 9.84 Å². The second-order valence-electron chi connectivity index (χ2n) is 5.17. The topological polar surface area (TPSA) is 49.4 Å². The molecule has 1 aromatic rings. The Balaban J connectivity index is 1.82.